The number of esters is 2. The molecule has 0 aromatic carbocycles. The van der Waals surface area contributed by atoms with Gasteiger partial charge in [-0.2, -0.15) is 0 Å². The molecular weight excluding hydrogens is 425 g/mol. The molecule has 1 aliphatic heterocycles. The predicted octanol–water partition coefficient (Wildman–Crippen LogP) is 0.734. The lowest BCUT2D eigenvalue weighted by atomic mass is 9.93. The van der Waals surface area contributed by atoms with Crippen LogP contribution in [0.1, 0.15) is 33.9 Å². The fourth-order valence-electron chi connectivity index (χ4n) is 3.13. The number of hydrogen-bond donors (Lipinski definition) is 2. The van der Waals surface area contributed by atoms with Crippen LogP contribution in [0.25, 0.3) is 11.2 Å². The van der Waals surface area contributed by atoms with Crippen LogP contribution in [-0.2, 0) is 23.8 Å². The summed E-state index contributed by atoms with van der Waals surface area (Å²) in [6, 6.07) is 0. The van der Waals surface area contributed by atoms with Gasteiger partial charge in [-0.3, -0.25) is 14.2 Å². The Kier molecular flexibility index (Phi) is 6.08. The molecule has 0 aliphatic carbocycles. The molecule has 0 bridgehead atoms. The highest BCUT2D eigenvalue weighted by Crippen LogP contribution is 2.48. The smallest absolute Gasteiger partial charge is 0.308 e. The Hall–Kier alpha value is -3.30. The van der Waals surface area contributed by atoms with Gasteiger partial charge in [-0.1, -0.05) is 33.6 Å². The topological polar surface area (TPSA) is 152 Å². The molecule has 11 nitrogen and oxygen atoms in total. The van der Waals surface area contributed by atoms with Gasteiger partial charge in [0.1, 0.15) is 11.8 Å². The summed E-state index contributed by atoms with van der Waals surface area (Å²) in [7, 11) is 0. The second-order valence-corrected chi connectivity index (χ2v) is 8.04. The molecule has 1 fully saturated rings. The van der Waals surface area contributed by atoms with Crippen LogP contribution in [0, 0.1) is 24.2 Å². The van der Waals surface area contributed by atoms with E-state index in [1.54, 1.807) is 13.8 Å². The second-order valence-electron chi connectivity index (χ2n) is 8.04. The van der Waals surface area contributed by atoms with E-state index >= 15 is 4.39 Å². The zero-order valence-corrected chi connectivity index (χ0v) is 18.0. The van der Waals surface area contributed by atoms with Crippen LogP contribution in [0.15, 0.2) is 12.7 Å². The fourth-order valence-corrected chi connectivity index (χ4v) is 3.13. The first-order valence-electron chi connectivity index (χ1n) is 9.81. The average molecular weight is 449 g/mol. The minimum atomic E-state index is -2.98. The summed E-state index contributed by atoms with van der Waals surface area (Å²) < 4.78 is 33.0. The van der Waals surface area contributed by atoms with Crippen molar-refractivity contribution in [2.24, 2.45) is 11.8 Å². The number of terminal acetylenes is 1. The Morgan fingerprint density at radius 3 is 2.56 bits per heavy atom. The first kappa shape index (κ1) is 23.4. The fraction of sp³-hybridized carbons (Fsp3) is 0.550. The summed E-state index contributed by atoms with van der Waals surface area (Å²) in [6.07, 6.45) is 4.20. The maximum atomic E-state index is 16.1. The molecule has 32 heavy (non-hydrogen) atoms. The van der Waals surface area contributed by atoms with Gasteiger partial charge < -0.3 is 25.1 Å². The summed E-state index contributed by atoms with van der Waals surface area (Å²) in [5.41, 5.74) is 3.52. The lowest BCUT2D eigenvalue weighted by molar-refractivity contribution is -0.225. The van der Waals surface area contributed by atoms with E-state index in [1.807, 2.05) is 0 Å². The molecule has 1 saturated heterocycles. The molecule has 172 valence electrons. The number of halogens is 1. The Bertz CT molecular complexity index is 1080. The maximum Gasteiger partial charge on any atom is 0.308 e. The number of aliphatic hydroxyl groups is 1. The van der Waals surface area contributed by atoms with E-state index in [0.717, 1.165) is 10.9 Å². The van der Waals surface area contributed by atoms with E-state index < -0.39 is 54.2 Å². The van der Waals surface area contributed by atoms with Gasteiger partial charge in [0.15, 0.2) is 24.3 Å². The summed E-state index contributed by atoms with van der Waals surface area (Å²) >= 11 is 0. The molecule has 3 heterocycles. The normalized spacial score (nSPS) is 27.6. The average Bonchev–Trinajstić information content (AvgIpc) is 3.26. The molecule has 0 radical (unpaired) electrons. The number of carbonyl (C=O) groups is 2. The lowest BCUT2D eigenvalue weighted by Gasteiger charge is -2.30. The Labute approximate surface area is 183 Å². The van der Waals surface area contributed by atoms with Gasteiger partial charge in [0, 0.05) is 0 Å². The van der Waals surface area contributed by atoms with Crippen LogP contribution in [0.5, 0.6) is 0 Å². The monoisotopic (exact) mass is 449 g/mol. The van der Waals surface area contributed by atoms with E-state index in [9.17, 15) is 14.7 Å². The van der Waals surface area contributed by atoms with Crippen molar-refractivity contribution in [3.8, 4) is 12.3 Å². The standard InChI is InChI=1S/C20H24FN5O6/c1-6-19(29)17(31-16(28)11(4)5)20(21,7-30-15(27)10(2)3)32-18(19)26-9-25-12-13(22)23-8-24-14(12)26/h1,8-11,17-18,29H,7H2,2-5H3,(H2,22,23,24). The Morgan fingerprint density at radius 2 is 1.97 bits per heavy atom. The molecular formula is C20H24FN5O6. The number of anilines is 1. The van der Waals surface area contributed by atoms with Gasteiger partial charge >= 0.3 is 11.9 Å². The van der Waals surface area contributed by atoms with Crippen molar-refractivity contribution >= 4 is 28.9 Å². The number of carbonyl (C=O) groups excluding carboxylic acids is 2. The van der Waals surface area contributed by atoms with Crippen LogP contribution in [-0.4, -0.2) is 60.7 Å². The van der Waals surface area contributed by atoms with Crippen molar-refractivity contribution in [2.45, 2.75) is 51.5 Å². The number of nitrogens with two attached hydrogens (primary N) is 1. The first-order valence-corrected chi connectivity index (χ1v) is 9.81. The summed E-state index contributed by atoms with van der Waals surface area (Å²) in [6.45, 7) is 5.17. The van der Waals surface area contributed by atoms with E-state index in [1.165, 1.54) is 20.2 Å². The molecule has 4 unspecified atom stereocenters. The maximum absolute atomic E-state index is 16.1. The number of aromatic nitrogens is 4. The minimum Gasteiger partial charge on any atom is -0.459 e. The molecule has 12 heteroatoms. The summed E-state index contributed by atoms with van der Waals surface area (Å²) in [4.78, 5) is 36.1. The van der Waals surface area contributed by atoms with Gasteiger partial charge in [0.05, 0.1) is 18.2 Å². The zero-order chi connectivity index (χ0) is 23.8. The minimum absolute atomic E-state index is 0.0381. The number of ether oxygens (including phenoxy) is 3. The molecule has 3 N–H and O–H groups in total. The van der Waals surface area contributed by atoms with Crippen LogP contribution >= 0.6 is 0 Å². The van der Waals surface area contributed by atoms with Crippen molar-refractivity contribution < 1.29 is 33.3 Å². The summed E-state index contributed by atoms with van der Waals surface area (Å²) in [5.74, 6) is -3.66. The number of nitrogen functional groups attached to an aromatic ring is 1. The van der Waals surface area contributed by atoms with Crippen molar-refractivity contribution in [1.29, 1.82) is 0 Å². The van der Waals surface area contributed by atoms with Crippen LogP contribution in [0.2, 0.25) is 0 Å². The molecule has 0 spiro atoms. The van der Waals surface area contributed by atoms with E-state index in [-0.39, 0.29) is 17.0 Å². The second kappa shape index (κ2) is 8.33. The van der Waals surface area contributed by atoms with Crippen molar-refractivity contribution in [2.75, 3.05) is 12.3 Å². The highest BCUT2D eigenvalue weighted by Gasteiger charge is 2.68. The third-order valence-corrected chi connectivity index (χ3v) is 4.93. The molecule has 4 atom stereocenters. The summed E-state index contributed by atoms with van der Waals surface area (Å²) in [5, 5.41) is 11.3. The van der Waals surface area contributed by atoms with Crippen molar-refractivity contribution in [3.05, 3.63) is 12.7 Å². The van der Waals surface area contributed by atoms with Gasteiger partial charge in [-0.25, -0.2) is 19.3 Å². The molecule has 2 aromatic rings. The van der Waals surface area contributed by atoms with E-state index in [0.29, 0.717) is 0 Å². The van der Waals surface area contributed by atoms with Gasteiger partial charge in [-0.15, -0.1) is 6.42 Å². The Morgan fingerprint density at radius 1 is 1.31 bits per heavy atom. The van der Waals surface area contributed by atoms with Crippen molar-refractivity contribution in [1.82, 2.24) is 19.5 Å². The zero-order valence-electron chi connectivity index (χ0n) is 18.0. The largest absolute Gasteiger partial charge is 0.459 e. The van der Waals surface area contributed by atoms with E-state index in [2.05, 4.69) is 20.9 Å². The number of rotatable bonds is 6. The third-order valence-electron chi connectivity index (χ3n) is 4.93. The van der Waals surface area contributed by atoms with E-state index in [4.69, 9.17) is 26.4 Å². The molecule has 0 saturated carbocycles. The molecule has 3 rings (SSSR count). The van der Waals surface area contributed by atoms with Gasteiger partial charge in [0.2, 0.25) is 11.7 Å². The third kappa shape index (κ3) is 3.85. The number of fused-ring (bicyclic) bond motifs is 1. The number of imidazole rings is 1. The van der Waals surface area contributed by atoms with Gasteiger partial charge in [-0.05, 0) is 0 Å². The highest BCUT2D eigenvalue weighted by molar-refractivity contribution is 5.81. The number of nitrogens with zero attached hydrogens (tertiary/aromatic N) is 4. The van der Waals surface area contributed by atoms with Gasteiger partial charge in [0.25, 0.3) is 5.85 Å². The lowest BCUT2D eigenvalue weighted by Crippen LogP contribution is -2.53. The number of hydrogen-bond acceptors (Lipinski definition) is 10. The Balaban J connectivity index is 2.08. The van der Waals surface area contributed by atoms with Crippen LogP contribution < -0.4 is 5.73 Å². The highest BCUT2D eigenvalue weighted by atomic mass is 19.2. The van der Waals surface area contributed by atoms with Crippen molar-refractivity contribution in [3.63, 3.8) is 0 Å². The SMILES string of the molecule is C#CC1(O)C(n2cnc3c(N)ncnc32)OC(F)(COC(=O)C(C)C)C1OC(=O)C(C)C. The van der Waals surface area contributed by atoms with Crippen LogP contribution in [0.3, 0.4) is 0 Å². The first-order chi connectivity index (χ1) is 14.9. The quantitative estimate of drug-likeness (QED) is 0.477. The molecule has 2 aromatic heterocycles. The number of alkyl halides is 1. The predicted molar refractivity (Wildman–Crippen MR) is 108 cm³/mol. The van der Waals surface area contributed by atoms with Crippen LogP contribution in [0.4, 0.5) is 10.2 Å². The molecule has 0 amide bonds. The molecule has 1 aliphatic rings.